The van der Waals surface area contributed by atoms with E-state index in [0.717, 1.165) is 45.4 Å². The molecule has 0 bridgehead atoms. The molecule has 2 heterocycles. The molecule has 2 aliphatic heterocycles. The molecule has 21 heavy (non-hydrogen) atoms. The van der Waals surface area contributed by atoms with Gasteiger partial charge in [-0.15, -0.1) is 0 Å². The van der Waals surface area contributed by atoms with Crippen LogP contribution in [0.25, 0.3) is 0 Å². The van der Waals surface area contributed by atoms with Crippen LogP contribution in [-0.2, 0) is 14.3 Å². The second-order valence-corrected chi connectivity index (χ2v) is 5.92. The summed E-state index contributed by atoms with van der Waals surface area (Å²) in [6.07, 6.45) is 4.41. The number of nitrogens with zero attached hydrogens (tertiary/aromatic N) is 2. The van der Waals surface area contributed by atoms with Gasteiger partial charge in [0, 0.05) is 46.3 Å². The summed E-state index contributed by atoms with van der Waals surface area (Å²) < 4.78 is 5.41. The zero-order valence-electron chi connectivity index (χ0n) is 13.1. The lowest BCUT2D eigenvalue weighted by Crippen LogP contribution is -2.50. The van der Waals surface area contributed by atoms with Gasteiger partial charge in [0.2, 0.25) is 11.8 Å². The van der Waals surface area contributed by atoms with Crippen LogP contribution in [0.4, 0.5) is 0 Å². The van der Waals surface area contributed by atoms with Crippen LogP contribution < -0.4 is 5.32 Å². The van der Waals surface area contributed by atoms with Crippen molar-refractivity contribution in [2.75, 3.05) is 40.4 Å². The van der Waals surface area contributed by atoms with Crippen molar-refractivity contribution in [1.29, 1.82) is 0 Å². The molecular weight excluding hydrogens is 270 g/mol. The number of rotatable bonds is 5. The van der Waals surface area contributed by atoms with Gasteiger partial charge in [0.25, 0.3) is 0 Å². The minimum atomic E-state index is -0.0256. The fourth-order valence-corrected chi connectivity index (χ4v) is 3.27. The molecule has 2 amide bonds. The lowest BCUT2D eigenvalue weighted by Gasteiger charge is -2.36. The van der Waals surface area contributed by atoms with E-state index in [-0.39, 0.29) is 17.9 Å². The van der Waals surface area contributed by atoms with Crippen molar-refractivity contribution in [1.82, 2.24) is 15.1 Å². The number of carbonyl (C=O) groups excluding carboxylic acids is 2. The van der Waals surface area contributed by atoms with Gasteiger partial charge in [-0.2, -0.15) is 0 Å². The highest BCUT2D eigenvalue weighted by atomic mass is 16.5. The second kappa shape index (κ2) is 7.75. The molecule has 2 fully saturated rings. The molecule has 0 saturated carbocycles. The Balaban J connectivity index is 1.88. The molecular formula is C15H27N3O3. The summed E-state index contributed by atoms with van der Waals surface area (Å²) in [6.45, 7) is 3.09. The van der Waals surface area contributed by atoms with Crippen LogP contribution in [0, 0.1) is 0 Å². The molecule has 1 unspecified atom stereocenters. The number of ether oxygens (including phenoxy) is 1. The van der Waals surface area contributed by atoms with Crippen LogP contribution in [0.1, 0.15) is 32.1 Å². The molecule has 0 aromatic rings. The van der Waals surface area contributed by atoms with Gasteiger partial charge in [-0.1, -0.05) is 0 Å². The summed E-state index contributed by atoms with van der Waals surface area (Å²) >= 11 is 0. The molecule has 0 spiro atoms. The van der Waals surface area contributed by atoms with Crippen LogP contribution in [0.15, 0.2) is 0 Å². The van der Waals surface area contributed by atoms with Gasteiger partial charge in [-0.3, -0.25) is 14.5 Å². The summed E-state index contributed by atoms with van der Waals surface area (Å²) in [5.74, 6) is 0.130. The number of amides is 2. The van der Waals surface area contributed by atoms with Crippen molar-refractivity contribution in [2.45, 2.75) is 44.2 Å². The third-order valence-corrected chi connectivity index (χ3v) is 4.57. The maximum absolute atomic E-state index is 12.6. The highest BCUT2D eigenvalue weighted by molar-refractivity contribution is 5.83. The number of nitrogens with one attached hydrogen (secondary N) is 1. The Kier molecular flexibility index (Phi) is 5.99. The number of likely N-dealkylation sites (tertiary alicyclic amines) is 1. The fourth-order valence-electron chi connectivity index (χ4n) is 3.27. The van der Waals surface area contributed by atoms with E-state index in [9.17, 15) is 9.59 Å². The molecule has 0 aromatic heterocycles. The maximum atomic E-state index is 12.6. The van der Waals surface area contributed by atoms with E-state index in [1.54, 1.807) is 19.0 Å². The highest BCUT2D eigenvalue weighted by Gasteiger charge is 2.37. The predicted molar refractivity (Wildman–Crippen MR) is 79.9 cm³/mol. The first-order valence-electron chi connectivity index (χ1n) is 7.92. The molecule has 2 saturated heterocycles. The van der Waals surface area contributed by atoms with Gasteiger partial charge in [0.05, 0.1) is 6.04 Å². The lowest BCUT2D eigenvalue weighted by atomic mass is 10.1. The first-order chi connectivity index (χ1) is 10.1. The Hall–Kier alpha value is -1.14. The van der Waals surface area contributed by atoms with E-state index in [0.29, 0.717) is 19.0 Å². The quantitative estimate of drug-likeness (QED) is 0.789. The maximum Gasteiger partial charge on any atom is 0.239 e. The first kappa shape index (κ1) is 16.2. The molecule has 2 rings (SSSR count). The smallest absolute Gasteiger partial charge is 0.239 e. The SMILES string of the molecule is CNC(=O)CCN(C)C(=O)C1CCCN1C1CCOCC1. The standard InChI is InChI=1S/C15H27N3O3/c1-16-14(19)5-9-17(2)15(20)13-4-3-8-18(13)12-6-10-21-11-7-12/h12-13H,3-11H2,1-2H3,(H,16,19). The van der Waals surface area contributed by atoms with Gasteiger partial charge >= 0.3 is 0 Å². The molecule has 0 aliphatic carbocycles. The Labute approximate surface area is 126 Å². The number of likely N-dealkylation sites (N-methyl/N-ethyl adjacent to an activating group) is 1. The number of hydrogen-bond donors (Lipinski definition) is 1. The van der Waals surface area contributed by atoms with E-state index in [4.69, 9.17) is 4.74 Å². The second-order valence-electron chi connectivity index (χ2n) is 5.92. The number of hydrogen-bond acceptors (Lipinski definition) is 4. The monoisotopic (exact) mass is 297 g/mol. The number of carbonyl (C=O) groups is 2. The largest absolute Gasteiger partial charge is 0.381 e. The van der Waals surface area contributed by atoms with E-state index in [1.165, 1.54) is 0 Å². The molecule has 2 aliphatic rings. The van der Waals surface area contributed by atoms with E-state index in [2.05, 4.69) is 10.2 Å². The molecule has 1 N–H and O–H groups in total. The van der Waals surface area contributed by atoms with Crippen LogP contribution in [-0.4, -0.2) is 74.1 Å². The van der Waals surface area contributed by atoms with Crippen molar-refractivity contribution < 1.29 is 14.3 Å². The average Bonchev–Trinajstić information content (AvgIpc) is 3.01. The third-order valence-electron chi connectivity index (χ3n) is 4.57. The third kappa shape index (κ3) is 4.17. The molecule has 120 valence electrons. The average molecular weight is 297 g/mol. The summed E-state index contributed by atoms with van der Waals surface area (Å²) in [5.41, 5.74) is 0. The van der Waals surface area contributed by atoms with Gasteiger partial charge in [-0.05, 0) is 32.2 Å². The van der Waals surface area contributed by atoms with E-state index < -0.39 is 0 Å². The lowest BCUT2D eigenvalue weighted by molar-refractivity contribution is -0.136. The van der Waals surface area contributed by atoms with Crippen molar-refractivity contribution in [3.63, 3.8) is 0 Å². The summed E-state index contributed by atoms with van der Waals surface area (Å²) in [6, 6.07) is 0.463. The predicted octanol–water partition coefficient (Wildman–Crippen LogP) is 0.224. The Morgan fingerprint density at radius 2 is 2.00 bits per heavy atom. The van der Waals surface area contributed by atoms with Gasteiger partial charge in [0.15, 0.2) is 0 Å². The highest BCUT2D eigenvalue weighted by Crippen LogP contribution is 2.26. The Morgan fingerprint density at radius 1 is 1.29 bits per heavy atom. The zero-order valence-corrected chi connectivity index (χ0v) is 13.1. The van der Waals surface area contributed by atoms with Crippen molar-refractivity contribution in [3.8, 4) is 0 Å². The van der Waals surface area contributed by atoms with Crippen LogP contribution in [0.2, 0.25) is 0 Å². The van der Waals surface area contributed by atoms with Crippen molar-refractivity contribution in [2.24, 2.45) is 0 Å². The van der Waals surface area contributed by atoms with Crippen LogP contribution in [0.5, 0.6) is 0 Å². The zero-order chi connectivity index (χ0) is 15.2. The topological polar surface area (TPSA) is 61.9 Å². The molecule has 6 heteroatoms. The summed E-state index contributed by atoms with van der Waals surface area (Å²) in [5, 5.41) is 2.59. The van der Waals surface area contributed by atoms with Gasteiger partial charge in [0.1, 0.15) is 0 Å². The summed E-state index contributed by atoms with van der Waals surface area (Å²) in [7, 11) is 3.42. The minimum absolute atomic E-state index is 0.0113. The Bertz CT molecular complexity index is 369. The first-order valence-corrected chi connectivity index (χ1v) is 7.92. The minimum Gasteiger partial charge on any atom is -0.381 e. The molecule has 0 aromatic carbocycles. The summed E-state index contributed by atoms with van der Waals surface area (Å²) in [4.78, 5) is 28.0. The van der Waals surface area contributed by atoms with E-state index in [1.807, 2.05) is 0 Å². The Morgan fingerprint density at radius 3 is 2.67 bits per heavy atom. The molecule has 0 radical (unpaired) electrons. The normalized spacial score (nSPS) is 24.0. The van der Waals surface area contributed by atoms with Gasteiger partial charge < -0.3 is 15.0 Å². The fraction of sp³-hybridized carbons (Fsp3) is 0.867. The van der Waals surface area contributed by atoms with Crippen LogP contribution >= 0.6 is 0 Å². The van der Waals surface area contributed by atoms with E-state index >= 15 is 0 Å². The molecule has 1 atom stereocenters. The van der Waals surface area contributed by atoms with Crippen molar-refractivity contribution in [3.05, 3.63) is 0 Å². The van der Waals surface area contributed by atoms with Crippen LogP contribution in [0.3, 0.4) is 0 Å². The van der Waals surface area contributed by atoms with Gasteiger partial charge in [-0.25, -0.2) is 0 Å². The van der Waals surface area contributed by atoms with Crippen molar-refractivity contribution >= 4 is 11.8 Å². The molecule has 6 nitrogen and oxygen atoms in total.